The smallest absolute Gasteiger partial charge is 0.144 e. The Morgan fingerprint density at radius 2 is 2.18 bits per heavy atom. The largest absolute Gasteiger partial charge is 0.485 e. The standard InChI is InChI=1S/C13H13ClN2O/c1-9-3-2-6-16-12(9)8-17-13-7-10(14)4-5-11(13)15/h2-7H,8,15H2,1H3. The molecular formula is C13H13ClN2O. The lowest BCUT2D eigenvalue weighted by atomic mass is 10.2. The van der Waals surface area contributed by atoms with Gasteiger partial charge in [0.25, 0.3) is 0 Å². The molecular weight excluding hydrogens is 236 g/mol. The number of pyridine rings is 1. The maximum absolute atomic E-state index is 5.88. The second-order valence-electron chi connectivity index (χ2n) is 3.74. The van der Waals surface area contributed by atoms with Crippen LogP contribution in [0.25, 0.3) is 0 Å². The Bertz CT molecular complexity index is 529. The van der Waals surface area contributed by atoms with Crippen molar-refractivity contribution in [3.05, 3.63) is 52.8 Å². The van der Waals surface area contributed by atoms with E-state index in [0.717, 1.165) is 11.3 Å². The SMILES string of the molecule is Cc1cccnc1COc1cc(Cl)ccc1N. The Kier molecular flexibility index (Phi) is 3.49. The molecule has 0 aliphatic carbocycles. The second-order valence-corrected chi connectivity index (χ2v) is 4.17. The van der Waals surface area contributed by atoms with Crippen LogP contribution >= 0.6 is 11.6 Å². The highest BCUT2D eigenvalue weighted by Crippen LogP contribution is 2.26. The van der Waals surface area contributed by atoms with Gasteiger partial charge in [0.1, 0.15) is 12.4 Å². The van der Waals surface area contributed by atoms with E-state index in [9.17, 15) is 0 Å². The number of halogens is 1. The molecule has 0 saturated heterocycles. The number of rotatable bonds is 3. The third kappa shape index (κ3) is 2.88. The molecule has 0 bridgehead atoms. The van der Waals surface area contributed by atoms with Crippen molar-refractivity contribution in [3.63, 3.8) is 0 Å². The van der Waals surface area contributed by atoms with Gasteiger partial charge in [0, 0.05) is 17.3 Å². The Morgan fingerprint density at radius 3 is 2.94 bits per heavy atom. The molecule has 0 spiro atoms. The molecule has 0 atom stereocenters. The number of aromatic nitrogens is 1. The summed E-state index contributed by atoms with van der Waals surface area (Å²) in [6, 6.07) is 9.05. The molecule has 4 heteroatoms. The van der Waals surface area contributed by atoms with E-state index in [-0.39, 0.29) is 0 Å². The zero-order valence-electron chi connectivity index (χ0n) is 9.48. The van der Waals surface area contributed by atoms with E-state index >= 15 is 0 Å². The van der Waals surface area contributed by atoms with Crippen LogP contribution in [0.3, 0.4) is 0 Å². The third-order valence-corrected chi connectivity index (χ3v) is 2.69. The lowest BCUT2D eigenvalue weighted by molar-refractivity contribution is 0.302. The number of nitrogens with zero attached hydrogens (tertiary/aromatic N) is 1. The minimum absolute atomic E-state index is 0.386. The fourth-order valence-corrected chi connectivity index (χ4v) is 1.61. The van der Waals surface area contributed by atoms with Crippen LogP contribution in [0.2, 0.25) is 5.02 Å². The Balaban J connectivity index is 2.12. The highest BCUT2D eigenvalue weighted by atomic mass is 35.5. The summed E-state index contributed by atoms with van der Waals surface area (Å²) in [6.07, 6.45) is 1.74. The van der Waals surface area contributed by atoms with Crippen LogP contribution in [-0.4, -0.2) is 4.98 Å². The van der Waals surface area contributed by atoms with Gasteiger partial charge in [0.2, 0.25) is 0 Å². The molecule has 0 unspecified atom stereocenters. The van der Waals surface area contributed by atoms with Crippen molar-refractivity contribution in [1.82, 2.24) is 4.98 Å². The first-order valence-corrected chi connectivity index (χ1v) is 5.63. The van der Waals surface area contributed by atoms with Crippen molar-refractivity contribution in [2.24, 2.45) is 0 Å². The lowest BCUT2D eigenvalue weighted by Gasteiger charge is -2.10. The Hall–Kier alpha value is -1.74. The van der Waals surface area contributed by atoms with Crippen molar-refractivity contribution in [1.29, 1.82) is 0 Å². The molecule has 1 aromatic heterocycles. The normalized spacial score (nSPS) is 10.2. The fraction of sp³-hybridized carbons (Fsp3) is 0.154. The molecule has 88 valence electrons. The minimum atomic E-state index is 0.386. The number of benzene rings is 1. The summed E-state index contributed by atoms with van der Waals surface area (Å²) in [5.74, 6) is 0.586. The topological polar surface area (TPSA) is 48.1 Å². The van der Waals surface area contributed by atoms with Crippen LogP contribution in [0.4, 0.5) is 5.69 Å². The van der Waals surface area contributed by atoms with E-state index in [4.69, 9.17) is 22.1 Å². The van der Waals surface area contributed by atoms with Gasteiger partial charge in [-0.15, -0.1) is 0 Å². The van der Waals surface area contributed by atoms with E-state index in [1.54, 1.807) is 24.4 Å². The average molecular weight is 249 g/mol. The third-order valence-electron chi connectivity index (χ3n) is 2.46. The van der Waals surface area contributed by atoms with Crippen LogP contribution in [0.1, 0.15) is 11.3 Å². The molecule has 0 radical (unpaired) electrons. The van der Waals surface area contributed by atoms with Crippen molar-refractivity contribution in [2.75, 3.05) is 5.73 Å². The lowest BCUT2D eigenvalue weighted by Crippen LogP contribution is -2.02. The number of hydrogen-bond donors (Lipinski definition) is 1. The number of nitrogen functional groups attached to an aromatic ring is 1. The summed E-state index contributed by atoms with van der Waals surface area (Å²) >= 11 is 5.88. The van der Waals surface area contributed by atoms with E-state index in [1.165, 1.54) is 0 Å². The molecule has 0 aliphatic heterocycles. The highest BCUT2D eigenvalue weighted by molar-refractivity contribution is 6.30. The molecule has 0 saturated carbocycles. The molecule has 0 aliphatic rings. The molecule has 0 amide bonds. The van der Waals surface area contributed by atoms with E-state index in [2.05, 4.69) is 4.98 Å². The summed E-state index contributed by atoms with van der Waals surface area (Å²) in [4.78, 5) is 4.25. The first-order valence-electron chi connectivity index (χ1n) is 5.25. The molecule has 17 heavy (non-hydrogen) atoms. The van der Waals surface area contributed by atoms with Crippen molar-refractivity contribution < 1.29 is 4.74 Å². The van der Waals surface area contributed by atoms with E-state index in [1.807, 2.05) is 19.1 Å². The van der Waals surface area contributed by atoms with Crippen LogP contribution in [0, 0.1) is 6.92 Å². The molecule has 3 nitrogen and oxygen atoms in total. The van der Waals surface area contributed by atoms with Crippen molar-refractivity contribution in [3.8, 4) is 5.75 Å². The van der Waals surface area contributed by atoms with Gasteiger partial charge < -0.3 is 10.5 Å². The Labute approximate surface area is 105 Å². The quantitative estimate of drug-likeness (QED) is 0.849. The number of nitrogens with two attached hydrogens (primary N) is 1. The molecule has 1 heterocycles. The molecule has 2 rings (SSSR count). The number of anilines is 1. The van der Waals surface area contributed by atoms with Gasteiger partial charge in [0.15, 0.2) is 0 Å². The van der Waals surface area contributed by atoms with Gasteiger partial charge in [-0.1, -0.05) is 17.7 Å². The first kappa shape index (κ1) is 11.7. The summed E-state index contributed by atoms with van der Waals surface area (Å²) < 4.78 is 5.61. The molecule has 1 aromatic carbocycles. The second kappa shape index (κ2) is 5.06. The van der Waals surface area contributed by atoms with Crippen LogP contribution < -0.4 is 10.5 Å². The maximum Gasteiger partial charge on any atom is 0.144 e. The van der Waals surface area contributed by atoms with Gasteiger partial charge in [0.05, 0.1) is 11.4 Å². The van der Waals surface area contributed by atoms with Gasteiger partial charge in [-0.25, -0.2) is 0 Å². The summed E-state index contributed by atoms with van der Waals surface area (Å²) in [7, 11) is 0. The number of hydrogen-bond acceptors (Lipinski definition) is 3. The van der Waals surface area contributed by atoms with Crippen molar-refractivity contribution in [2.45, 2.75) is 13.5 Å². The Morgan fingerprint density at radius 1 is 1.35 bits per heavy atom. The first-order chi connectivity index (χ1) is 8.16. The van der Waals surface area contributed by atoms with Crippen LogP contribution in [-0.2, 0) is 6.61 Å². The van der Waals surface area contributed by atoms with Gasteiger partial charge in [-0.05, 0) is 30.7 Å². The summed E-state index contributed by atoms with van der Waals surface area (Å²) in [5, 5.41) is 0.604. The predicted molar refractivity (Wildman–Crippen MR) is 69.2 cm³/mol. The van der Waals surface area contributed by atoms with Gasteiger partial charge >= 0.3 is 0 Å². The fourth-order valence-electron chi connectivity index (χ4n) is 1.45. The zero-order valence-corrected chi connectivity index (χ0v) is 10.2. The van der Waals surface area contributed by atoms with Gasteiger partial charge in [-0.2, -0.15) is 0 Å². The average Bonchev–Trinajstić information content (AvgIpc) is 2.32. The summed E-state index contributed by atoms with van der Waals surface area (Å²) in [5.41, 5.74) is 8.35. The monoisotopic (exact) mass is 248 g/mol. The number of ether oxygens (including phenoxy) is 1. The molecule has 0 fully saturated rings. The molecule has 2 aromatic rings. The predicted octanol–water partition coefficient (Wildman–Crippen LogP) is 3.20. The van der Waals surface area contributed by atoms with E-state index < -0.39 is 0 Å². The van der Waals surface area contributed by atoms with Crippen LogP contribution in [0.5, 0.6) is 5.75 Å². The van der Waals surface area contributed by atoms with Crippen LogP contribution in [0.15, 0.2) is 36.5 Å². The van der Waals surface area contributed by atoms with Crippen molar-refractivity contribution >= 4 is 17.3 Å². The minimum Gasteiger partial charge on any atom is -0.485 e. The maximum atomic E-state index is 5.88. The zero-order chi connectivity index (χ0) is 12.3. The highest BCUT2D eigenvalue weighted by Gasteiger charge is 2.04. The van der Waals surface area contributed by atoms with E-state index in [0.29, 0.717) is 23.1 Å². The summed E-state index contributed by atoms with van der Waals surface area (Å²) in [6.45, 7) is 2.38. The van der Waals surface area contributed by atoms with Gasteiger partial charge in [-0.3, -0.25) is 4.98 Å². The number of aryl methyl sites for hydroxylation is 1. The molecule has 2 N–H and O–H groups in total.